The van der Waals surface area contributed by atoms with Crippen molar-refractivity contribution in [3.05, 3.63) is 41.4 Å². The van der Waals surface area contributed by atoms with Gasteiger partial charge in [-0.15, -0.1) is 0 Å². The normalized spacial score (nSPS) is 23.5. The summed E-state index contributed by atoms with van der Waals surface area (Å²) < 4.78 is 30.8. The molecule has 2 fully saturated rings. The van der Waals surface area contributed by atoms with Crippen LogP contribution in [0.3, 0.4) is 0 Å². The molecule has 194 valence electrons. The average Bonchev–Trinajstić information content (AvgIpc) is 3.25. The number of nitrogens with one attached hydrogen (secondary N) is 3. The van der Waals surface area contributed by atoms with Crippen LogP contribution >= 0.6 is 11.6 Å². The number of aromatic nitrogens is 4. The maximum absolute atomic E-state index is 15.9. The van der Waals surface area contributed by atoms with Gasteiger partial charge in [0.25, 0.3) is 0 Å². The third-order valence-electron chi connectivity index (χ3n) is 7.82. The number of benzene rings is 1. The zero-order chi connectivity index (χ0) is 25.8. The Morgan fingerprint density at radius 3 is 2.73 bits per heavy atom. The van der Waals surface area contributed by atoms with Crippen LogP contribution in [0, 0.1) is 11.7 Å². The third-order valence-corrected chi connectivity index (χ3v) is 8.18. The van der Waals surface area contributed by atoms with Crippen LogP contribution in [0.4, 0.5) is 20.3 Å². The van der Waals surface area contributed by atoms with Crippen molar-refractivity contribution < 1.29 is 13.6 Å². The Morgan fingerprint density at radius 1 is 1.27 bits per heavy atom. The maximum Gasteiger partial charge on any atom is 0.231 e. The summed E-state index contributed by atoms with van der Waals surface area (Å²) in [4.78, 5) is 14.1. The van der Waals surface area contributed by atoms with Gasteiger partial charge in [0.05, 0.1) is 28.2 Å². The topological polar surface area (TPSA) is 90.3 Å². The van der Waals surface area contributed by atoms with Gasteiger partial charge in [0, 0.05) is 42.3 Å². The monoisotopic (exact) mass is 527 g/mol. The number of H-pyrrole nitrogens is 1. The van der Waals surface area contributed by atoms with Crippen molar-refractivity contribution in [1.82, 2.24) is 25.1 Å². The number of carbonyl (C=O) groups is 1. The SMILES string of the molecule is CNC1CCC(N(C)c2c(F)c(Cl)c(-c3ccn4nc(NC(=O)[C@@H]5C[C@@H]5F)cc4c3)c3cn[nH]c23)CC1. The summed E-state index contributed by atoms with van der Waals surface area (Å²) in [5, 5.41) is 18.3. The van der Waals surface area contributed by atoms with Crippen molar-refractivity contribution in [3.8, 4) is 11.1 Å². The molecule has 3 heterocycles. The first-order chi connectivity index (χ1) is 17.9. The summed E-state index contributed by atoms with van der Waals surface area (Å²) in [5.74, 6) is -1.14. The predicted molar refractivity (Wildman–Crippen MR) is 140 cm³/mol. The summed E-state index contributed by atoms with van der Waals surface area (Å²) in [5.41, 5.74) is 2.93. The third kappa shape index (κ3) is 4.21. The lowest BCUT2D eigenvalue weighted by atomic mass is 9.90. The van der Waals surface area contributed by atoms with Crippen LogP contribution in [0.5, 0.6) is 0 Å². The van der Waals surface area contributed by atoms with Crippen LogP contribution in [0.2, 0.25) is 5.02 Å². The fourth-order valence-electron chi connectivity index (χ4n) is 5.51. The molecule has 0 spiro atoms. The van der Waals surface area contributed by atoms with Crippen molar-refractivity contribution in [3.63, 3.8) is 0 Å². The minimum absolute atomic E-state index is 0.0276. The maximum atomic E-state index is 15.9. The van der Waals surface area contributed by atoms with Crippen LogP contribution < -0.4 is 15.5 Å². The van der Waals surface area contributed by atoms with Crippen LogP contribution in [0.25, 0.3) is 27.5 Å². The van der Waals surface area contributed by atoms with E-state index < -0.39 is 17.9 Å². The highest BCUT2D eigenvalue weighted by Crippen LogP contribution is 2.44. The fourth-order valence-corrected chi connectivity index (χ4v) is 5.81. The highest BCUT2D eigenvalue weighted by Gasteiger charge is 2.43. The van der Waals surface area contributed by atoms with Crippen LogP contribution in [0.15, 0.2) is 30.6 Å². The fraction of sp³-hybridized carbons (Fsp3) is 0.423. The van der Waals surface area contributed by atoms with Gasteiger partial charge in [-0.05, 0) is 56.8 Å². The Balaban J connectivity index is 1.35. The molecule has 4 aromatic rings. The quantitative estimate of drug-likeness (QED) is 0.331. The molecule has 2 saturated carbocycles. The van der Waals surface area contributed by atoms with E-state index in [1.807, 2.05) is 25.1 Å². The van der Waals surface area contributed by atoms with E-state index in [-0.39, 0.29) is 23.4 Å². The smallest absolute Gasteiger partial charge is 0.231 e. The van der Waals surface area contributed by atoms with Crippen LogP contribution in [0.1, 0.15) is 32.1 Å². The van der Waals surface area contributed by atoms with E-state index >= 15 is 4.39 Å². The molecule has 0 unspecified atom stereocenters. The lowest BCUT2D eigenvalue weighted by Crippen LogP contribution is -2.40. The molecule has 8 nitrogen and oxygen atoms in total. The summed E-state index contributed by atoms with van der Waals surface area (Å²) in [6.45, 7) is 0. The number of alkyl halides is 1. The van der Waals surface area contributed by atoms with E-state index in [4.69, 9.17) is 11.6 Å². The van der Waals surface area contributed by atoms with Crippen molar-refractivity contribution in [1.29, 1.82) is 0 Å². The Labute approximate surface area is 217 Å². The van der Waals surface area contributed by atoms with E-state index in [0.717, 1.165) is 31.1 Å². The molecule has 0 aliphatic heterocycles. The van der Waals surface area contributed by atoms with Gasteiger partial charge >= 0.3 is 0 Å². The molecule has 0 saturated heterocycles. The summed E-state index contributed by atoms with van der Waals surface area (Å²) in [7, 11) is 3.90. The minimum Gasteiger partial charge on any atom is -0.367 e. The number of rotatable bonds is 6. The largest absolute Gasteiger partial charge is 0.367 e. The van der Waals surface area contributed by atoms with Crippen molar-refractivity contribution >= 4 is 45.4 Å². The standard InChI is InChI=1S/C26H28ClF2N7O/c1-30-14-3-5-15(6-4-14)35(2)25-23(29)22(27)21(18-12-31-33-24(18)25)13-7-8-36-16(9-13)10-20(34-36)32-26(37)17-11-19(17)28/h7-10,12,14-15,17,19,30H,3-6,11H2,1-2H3,(H,31,33)(H,32,34,37)/t14?,15?,17-,19+/m1/s1. The average molecular weight is 528 g/mol. The van der Waals surface area contributed by atoms with Crippen molar-refractivity contribution in [2.24, 2.45) is 5.92 Å². The number of nitrogens with zero attached hydrogens (tertiary/aromatic N) is 4. The number of pyridine rings is 1. The first-order valence-corrected chi connectivity index (χ1v) is 12.9. The van der Waals surface area contributed by atoms with E-state index in [9.17, 15) is 9.18 Å². The zero-order valence-electron chi connectivity index (χ0n) is 20.6. The van der Waals surface area contributed by atoms with Crippen LogP contribution in [-0.2, 0) is 4.79 Å². The van der Waals surface area contributed by atoms with E-state index in [2.05, 4.69) is 25.9 Å². The Hall–Kier alpha value is -3.24. The molecule has 2 aliphatic carbocycles. The van der Waals surface area contributed by atoms with Gasteiger partial charge in [0.15, 0.2) is 11.6 Å². The molecule has 2 atom stereocenters. The number of carbonyl (C=O) groups excluding carboxylic acids is 1. The Morgan fingerprint density at radius 2 is 2.03 bits per heavy atom. The molecule has 0 radical (unpaired) electrons. The number of hydrogen-bond donors (Lipinski definition) is 3. The second-order valence-electron chi connectivity index (χ2n) is 10.1. The Kier molecular flexibility index (Phi) is 6.03. The zero-order valence-corrected chi connectivity index (χ0v) is 21.3. The lowest BCUT2D eigenvalue weighted by molar-refractivity contribution is -0.117. The molecular formula is C26H28ClF2N7O. The van der Waals surface area contributed by atoms with Gasteiger partial charge in [0.2, 0.25) is 5.91 Å². The highest BCUT2D eigenvalue weighted by atomic mass is 35.5. The van der Waals surface area contributed by atoms with Gasteiger partial charge in [0.1, 0.15) is 11.9 Å². The molecular weight excluding hydrogens is 500 g/mol. The lowest BCUT2D eigenvalue weighted by Gasteiger charge is -2.36. The molecule has 0 bridgehead atoms. The second-order valence-corrected chi connectivity index (χ2v) is 10.5. The number of hydrogen-bond acceptors (Lipinski definition) is 5. The highest BCUT2D eigenvalue weighted by molar-refractivity contribution is 6.36. The molecule has 2 aliphatic rings. The molecule has 1 aromatic carbocycles. The van der Waals surface area contributed by atoms with Gasteiger partial charge in [-0.3, -0.25) is 9.89 Å². The first-order valence-electron chi connectivity index (χ1n) is 12.5. The van der Waals surface area contributed by atoms with Crippen molar-refractivity contribution in [2.45, 2.75) is 50.4 Å². The van der Waals surface area contributed by atoms with Gasteiger partial charge in [-0.2, -0.15) is 10.2 Å². The summed E-state index contributed by atoms with van der Waals surface area (Å²) in [6, 6.07) is 6.01. The van der Waals surface area contributed by atoms with E-state index in [1.54, 1.807) is 29.0 Å². The number of amides is 1. The van der Waals surface area contributed by atoms with Crippen molar-refractivity contribution in [2.75, 3.05) is 24.3 Å². The number of halogens is 3. The Bertz CT molecular complexity index is 1490. The molecule has 6 rings (SSSR count). The minimum atomic E-state index is -1.08. The molecule has 37 heavy (non-hydrogen) atoms. The number of anilines is 2. The second kappa shape index (κ2) is 9.25. The molecule has 3 N–H and O–H groups in total. The first kappa shape index (κ1) is 24.1. The van der Waals surface area contributed by atoms with Crippen LogP contribution in [-0.4, -0.2) is 58.1 Å². The van der Waals surface area contributed by atoms with E-state index in [1.165, 1.54) is 0 Å². The molecule has 11 heteroatoms. The predicted octanol–water partition coefficient (Wildman–Crippen LogP) is 4.93. The number of fused-ring (bicyclic) bond motifs is 2. The number of aromatic amines is 1. The van der Waals surface area contributed by atoms with Gasteiger partial charge in [-0.25, -0.2) is 13.3 Å². The summed E-state index contributed by atoms with van der Waals surface area (Å²) in [6.07, 6.45) is 6.54. The van der Waals surface area contributed by atoms with Gasteiger partial charge < -0.3 is 15.5 Å². The molecule has 3 aromatic heterocycles. The van der Waals surface area contributed by atoms with E-state index in [0.29, 0.717) is 39.7 Å². The summed E-state index contributed by atoms with van der Waals surface area (Å²) >= 11 is 6.71. The molecule has 1 amide bonds. The van der Waals surface area contributed by atoms with Gasteiger partial charge in [-0.1, -0.05) is 11.6 Å².